The predicted molar refractivity (Wildman–Crippen MR) is 79.0 cm³/mol. The van der Waals surface area contributed by atoms with Crippen LogP contribution in [0.1, 0.15) is 30.7 Å². The van der Waals surface area contributed by atoms with Crippen molar-refractivity contribution in [2.45, 2.75) is 39.7 Å². The maximum atomic E-state index is 6.03. The summed E-state index contributed by atoms with van der Waals surface area (Å²) in [5, 5.41) is 3.21. The Bertz CT molecular complexity index is 550. The molecular formula is C15H20N2S. The van der Waals surface area contributed by atoms with E-state index in [1.807, 2.05) is 13.8 Å². The number of benzene rings is 1. The quantitative estimate of drug-likeness (QED) is 0.913. The molecule has 0 saturated carbocycles. The zero-order chi connectivity index (χ0) is 13.3. The minimum atomic E-state index is -0.201. The Labute approximate surface area is 113 Å². The monoisotopic (exact) mass is 260 g/mol. The first-order chi connectivity index (χ1) is 8.35. The van der Waals surface area contributed by atoms with Crippen LogP contribution in [0.2, 0.25) is 0 Å². The van der Waals surface area contributed by atoms with Crippen LogP contribution in [-0.4, -0.2) is 10.5 Å². The van der Waals surface area contributed by atoms with Gasteiger partial charge in [-0.1, -0.05) is 17.7 Å². The van der Waals surface area contributed by atoms with Gasteiger partial charge in [-0.2, -0.15) is 0 Å². The van der Waals surface area contributed by atoms with Crippen LogP contribution in [0.15, 0.2) is 23.6 Å². The molecule has 1 aromatic heterocycles. The molecule has 0 spiro atoms. The zero-order valence-corrected chi connectivity index (χ0v) is 12.3. The van der Waals surface area contributed by atoms with Crippen molar-refractivity contribution in [3.05, 3.63) is 40.4 Å². The van der Waals surface area contributed by atoms with Crippen LogP contribution < -0.4 is 5.73 Å². The van der Waals surface area contributed by atoms with Gasteiger partial charge in [0.15, 0.2) is 0 Å². The van der Waals surface area contributed by atoms with E-state index < -0.39 is 0 Å². The van der Waals surface area contributed by atoms with Crippen molar-refractivity contribution >= 4 is 11.3 Å². The lowest BCUT2D eigenvalue weighted by Crippen LogP contribution is -2.34. The standard InChI is InChI=1S/C15H20N2S/c1-10-5-6-11(2)13(7-10)14-17-12(9-18-14)8-15(3,4)16/h5-7,9H,8,16H2,1-4H3. The molecule has 2 aromatic rings. The Kier molecular flexibility index (Phi) is 3.55. The molecule has 18 heavy (non-hydrogen) atoms. The first-order valence-electron chi connectivity index (χ1n) is 6.16. The van der Waals surface area contributed by atoms with Crippen LogP contribution in [0, 0.1) is 13.8 Å². The van der Waals surface area contributed by atoms with E-state index in [1.54, 1.807) is 11.3 Å². The minimum absolute atomic E-state index is 0.201. The fourth-order valence-corrected chi connectivity index (χ4v) is 2.85. The van der Waals surface area contributed by atoms with Crippen LogP contribution >= 0.6 is 11.3 Å². The molecular weight excluding hydrogens is 240 g/mol. The Morgan fingerprint density at radius 2 is 2.00 bits per heavy atom. The summed E-state index contributed by atoms with van der Waals surface area (Å²) < 4.78 is 0. The number of hydrogen-bond donors (Lipinski definition) is 1. The van der Waals surface area contributed by atoms with Crippen molar-refractivity contribution in [1.82, 2.24) is 4.98 Å². The van der Waals surface area contributed by atoms with Crippen molar-refractivity contribution in [1.29, 1.82) is 0 Å². The summed E-state index contributed by atoms with van der Waals surface area (Å²) in [6, 6.07) is 6.49. The summed E-state index contributed by atoms with van der Waals surface area (Å²) in [4.78, 5) is 4.71. The average Bonchev–Trinajstić information content (AvgIpc) is 2.67. The summed E-state index contributed by atoms with van der Waals surface area (Å²) in [6.45, 7) is 8.30. The van der Waals surface area contributed by atoms with Gasteiger partial charge in [0, 0.05) is 22.9 Å². The fraction of sp³-hybridized carbons (Fsp3) is 0.400. The van der Waals surface area contributed by atoms with Crippen LogP contribution in [0.3, 0.4) is 0 Å². The predicted octanol–water partition coefficient (Wildman–Crippen LogP) is 3.71. The number of aryl methyl sites for hydroxylation is 2. The molecule has 0 saturated heterocycles. The molecule has 0 atom stereocenters. The molecule has 1 heterocycles. The fourth-order valence-electron chi connectivity index (χ4n) is 1.94. The molecule has 0 aliphatic rings. The number of aromatic nitrogens is 1. The Morgan fingerprint density at radius 3 is 2.67 bits per heavy atom. The van der Waals surface area contributed by atoms with Gasteiger partial charge >= 0.3 is 0 Å². The first-order valence-corrected chi connectivity index (χ1v) is 7.04. The topological polar surface area (TPSA) is 38.9 Å². The number of rotatable bonds is 3. The molecule has 0 radical (unpaired) electrons. The smallest absolute Gasteiger partial charge is 0.123 e. The molecule has 0 unspecified atom stereocenters. The minimum Gasteiger partial charge on any atom is -0.325 e. The van der Waals surface area contributed by atoms with Gasteiger partial charge in [0.05, 0.1) is 5.69 Å². The lowest BCUT2D eigenvalue weighted by atomic mass is 10.0. The summed E-state index contributed by atoms with van der Waals surface area (Å²) in [5.74, 6) is 0. The molecule has 1 aromatic carbocycles. The molecule has 2 N–H and O–H groups in total. The highest BCUT2D eigenvalue weighted by atomic mass is 32.1. The van der Waals surface area contributed by atoms with E-state index in [9.17, 15) is 0 Å². The summed E-state index contributed by atoms with van der Waals surface area (Å²) in [7, 11) is 0. The number of thiazole rings is 1. The molecule has 96 valence electrons. The van der Waals surface area contributed by atoms with E-state index in [0.717, 1.165) is 17.1 Å². The van der Waals surface area contributed by atoms with E-state index in [-0.39, 0.29) is 5.54 Å². The largest absolute Gasteiger partial charge is 0.325 e. The molecule has 2 nitrogen and oxygen atoms in total. The van der Waals surface area contributed by atoms with Gasteiger partial charge in [-0.3, -0.25) is 0 Å². The molecule has 0 bridgehead atoms. The molecule has 0 amide bonds. The molecule has 0 aliphatic carbocycles. The van der Waals surface area contributed by atoms with Gasteiger partial charge < -0.3 is 5.73 Å². The summed E-state index contributed by atoms with van der Waals surface area (Å²) >= 11 is 1.70. The van der Waals surface area contributed by atoms with Crippen molar-refractivity contribution in [2.24, 2.45) is 5.73 Å². The highest BCUT2D eigenvalue weighted by Crippen LogP contribution is 2.28. The molecule has 3 heteroatoms. The number of nitrogens with two attached hydrogens (primary N) is 1. The van der Waals surface area contributed by atoms with Gasteiger partial charge in [0.2, 0.25) is 0 Å². The molecule has 0 aliphatic heterocycles. The highest BCUT2D eigenvalue weighted by Gasteiger charge is 2.15. The third-order valence-corrected chi connectivity index (χ3v) is 3.74. The highest BCUT2D eigenvalue weighted by molar-refractivity contribution is 7.13. The van der Waals surface area contributed by atoms with Gasteiger partial charge in [0.1, 0.15) is 5.01 Å². The third kappa shape index (κ3) is 3.18. The average molecular weight is 260 g/mol. The van der Waals surface area contributed by atoms with E-state index >= 15 is 0 Å². The van der Waals surface area contributed by atoms with Gasteiger partial charge in [0.25, 0.3) is 0 Å². The summed E-state index contributed by atoms with van der Waals surface area (Å²) in [6.07, 6.45) is 0.814. The lowest BCUT2D eigenvalue weighted by Gasteiger charge is -2.16. The Balaban J connectivity index is 2.32. The second-order valence-corrected chi connectivity index (χ2v) is 6.49. The van der Waals surface area contributed by atoms with E-state index in [2.05, 4.69) is 37.4 Å². The SMILES string of the molecule is Cc1ccc(C)c(-c2nc(CC(C)(C)N)cs2)c1. The van der Waals surface area contributed by atoms with Gasteiger partial charge in [-0.05, 0) is 39.3 Å². The maximum Gasteiger partial charge on any atom is 0.123 e. The van der Waals surface area contributed by atoms with Crippen LogP contribution in [0.4, 0.5) is 0 Å². The van der Waals surface area contributed by atoms with Crippen LogP contribution in [-0.2, 0) is 6.42 Å². The first kappa shape index (κ1) is 13.2. The zero-order valence-electron chi connectivity index (χ0n) is 11.4. The van der Waals surface area contributed by atoms with Crippen LogP contribution in [0.25, 0.3) is 10.6 Å². The number of hydrogen-bond acceptors (Lipinski definition) is 3. The second-order valence-electron chi connectivity index (χ2n) is 5.63. The Morgan fingerprint density at radius 1 is 1.28 bits per heavy atom. The van der Waals surface area contributed by atoms with Gasteiger partial charge in [-0.15, -0.1) is 11.3 Å². The van der Waals surface area contributed by atoms with Crippen molar-refractivity contribution in [3.8, 4) is 10.6 Å². The Hall–Kier alpha value is -1.19. The maximum absolute atomic E-state index is 6.03. The van der Waals surface area contributed by atoms with Crippen molar-refractivity contribution in [2.75, 3.05) is 0 Å². The third-order valence-electron chi connectivity index (χ3n) is 2.81. The van der Waals surface area contributed by atoms with E-state index in [4.69, 9.17) is 10.7 Å². The second kappa shape index (κ2) is 4.82. The van der Waals surface area contributed by atoms with E-state index in [1.165, 1.54) is 16.7 Å². The molecule has 0 fully saturated rings. The van der Waals surface area contributed by atoms with E-state index in [0.29, 0.717) is 0 Å². The summed E-state index contributed by atoms with van der Waals surface area (Å²) in [5.41, 5.74) is 10.7. The van der Waals surface area contributed by atoms with Crippen molar-refractivity contribution < 1.29 is 0 Å². The number of nitrogens with zero attached hydrogens (tertiary/aromatic N) is 1. The van der Waals surface area contributed by atoms with Crippen molar-refractivity contribution in [3.63, 3.8) is 0 Å². The van der Waals surface area contributed by atoms with Crippen LogP contribution in [0.5, 0.6) is 0 Å². The normalized spacial score (nSPS) is 11.8. The molecule has 2 rings (SSSR count). The van der Waals surface area contributed by atoms with Gasteiger partial charge in [-0.25, -0.2) is 4.98 Å². The lowest BCUT2D eigenvalue weighted by molar-refractivity contribution is 0.511.